The number of aliphatic hydroxyl groups is 1. The number of methoxy groups -OCH3 is 2. The molecule has 1 aliphatic rings. The van der Waals surface area contributed by atoms with Gasteiger partial charge in [-0.25, -0.2) is 9.78 Å². The summed E-state index contributed by atoms with van der Waals surface area (Å²) in [6.45, 7) is 3.40. The highest BCUT2D eigenvalue weighted by Crippen LogP contribution is 2.44. The number of Topliss-reactive ketones (excluding diaryl/α,β-unsaturated/α-hetero) is 1. The molecule has 10 heteroatoms. The molecule has 4 rings (SSSR count). The summed E-state index contributed by atoms with van der Waals surface area (Å²) in [6.07, 6.45) is 0. The number of carbonyl (C=O) groups is 3. The number of hydrogen-bond donors (Lipinski definition) is 1. The third-order valence-corrected chi connectivity index (χ3v) is 7.35. The van der Waals surface area contributed by atoms with Gasteiger partial charge in [-0.3, -0.25) is 14.5 Å². The third-order valence-electron chi connectivity index (χ3n) is 5.68. The van der Waals surface area contributed by atoms with Crippen LogP contribution in [0.1, 0.15) is 38.1 Å². The molecule has 2 heterocycles. The van der Waals surface area contributed by atoms with Crippen LogP contribution >= 0.6 is 27.3 Å². The number of aryl methyl sites for hydroxylation is 2. The number of carbonyl (C=O) groups excluding carboxylic acids is 3. The smallest absolute Gasteiger partial charge is 0.350 e. The van der Waals surface area contributed by atoms with Gasteiger partial charge in [0.05, 0.1) is 31.5 Å². The van der Waals surface area contributed by atoms with Crippen molar-refractivity contribution in [1.82, 2.24) is 4.98 Å². The van der Waals surface area contributed by atoms with E-state index in [0.29, 0.717) is 28.1 Å². The van der Waals surface area contributed by atoms with Gasteiger partial charge in [0, 0.05) is 10.0 Å². The maximum absolute atomic E-state index is 13.3. The number of aliphatic hydroxyl groups excluding tert-OH is 1. The highest BCUT2D eigenvalue weighted by molar-refractivity contribution is 9.10. The number of hydrogen-bond acceptors (Lipinski definition) is 8. The van der Waals surface area contributed by atoms with E-state index >= 15 is 0 Å². The van der Waals surface area contributed by atoms with Gasteiger partial charge < -0.3 is 14.6 Å². The number of aromatic nitrogens is 1. The molecular weight excluding hydrogens is 536 g/mol. The molecule has 8 nitrogen and oxygen atoms in total. The molecule has 1 amide bonds. The van der Waals surface area contributed by atoms with E-state index < -0.39 is 23.7 Å². The Morgan fingerprint density at radius 1 is 1.11 bits per heavy atom. The molecule has 1 N–H and O–H groups in total. The lowest BCUT2D eigenvalue weighted by molar-refractivity contribution is -0.132. The first-order valence-corrected chi connectivity index (χ1v) is 12.1. The number of halogens is 1. The Hall–Kier alpha value is -3.50. The number of thiazole rings is 1. The predicted molar refractivity (Wildman–Crippen MR) is 135 cm³/mol. The number of esters is 1. The molecule has 1 fully saturated rings. The highest BCUT2D eigenvalue weighted by atomic mass is 79.9. The summed E-state index contributed by atoms with van der Waals surface area (Å²) in [4.78, 5) is 44.6. The first-order valence-electron chi connectivity index (χ1n) is 10.4. The second-order valence-electron chi connectivity index (χ2n) is 7.80. The topological polar surface area (TPSA) is 106 Å². The minimum absolute atomic E-state index is 0.0712. The van der Waals surface area contributed by atoms with E-state index in [9.17, 15) is 19.5 Å². The van der Waals surface area contributed by atoms with Gasteiger partial charge in [0.2, 0.25) is 0 Å². The maximum Gasteiger partial charge on any atom is 0.350 e. The Kier molecular flexibility index (Phi) is 6.77. The van der Waals surface area contributed by atoms with Crippen molar-refractivity contribution in [3.05, 3.63) is 79.8 Å². The number of anilines is 1. The van der Waals surface area contributed by atoms with Crippen molar-refractivity contribution in [2.45, 2.75) is 19.9 Å². The number of amides is 1. The summed E-state index contributed by atoms with van der Waals surface area (Å²) in [7, 11) is 2.79. The van der Waals surface area contributed by atoms with Crippen molar-refractivity contribution >= 4 is 55.8 Å². The monoisotopic (exact) mass is 556 g/mol. The molecule has 0 spiro atoms. The average Bonchev–Trinajstić information content (AvgIpc) is 3.35. The van der Waals surface area contributed by atoms with Gasteiger partial charge in [-0.1, -0.05) is 39.4 Å². The Morgan fingerprint density at radius 3 is 2.40 bits per heavy atom. The summed E-state index contributed by atoms with van der Waals surface area (Å²) in [5.41, 5.74) is 1.96. The molecule has 0 radical (unpaired) electrons. The maximum atomic E-state index is 13.3. The van der Waals surface area contributed by atoms with Gasteiger partial charge in [0.15, 0.2) is 5.13 Å². The van der Waals surface area contributed by atoms with E-state index in [1.807, 2.05) is 0 Å². The molecule has 0 saturated carbocycles. The van der Waals surface area contributed by atoms with Crippen molar-refractivity contribution in [2.24, 2.45) is 0 Å². The average molecular weight is 557 g/mol. The molecule has 180 valence electrons. The number of nitrogens with zero attached hydrogens (tertiary/aromatic N) is 2. The van der Waals surface area contributed by atoms with Gasteiger partial charge in [-0.2, -0.15) is 0 Å². The van der Waals surface area contributed by atoms with Gasteiger partial charge in [-0.15, -0.1) is 0 Å². The van der Waals surface area contributed by atoms with Crippen molar-refractivity contribution < 1.29 is 29.0 Å². The first kappa shape index (κ1) is 24.6. The van der Waals surface area contributed by atoms with Crippen LogP contribution < -0.4 is 9.64 Å². The lowest BCUT2D eigenvalue weighted by Crippen LogP contribution is -2.29. The second-order valence-corrected chi connectivity index (χ2v) is 9.70. The van der Waals surface area contributed by atoms with Gasteiger partial charge in [-0.05, 0) is 55.3 Å². The fourth-order valence-electron chi connectivity index (χ4n) is 3.93. The van der Waals surface area contributed by atoms with Crippen LogP contribution in [0.5, 0.6) is 5.75 Å². The summed E-state index contributed by atoms with van der Waals surface area (Å²) < 4.78 is 10.9. The van der Waals surface area contributed by atoms with Crippen LogP contribution in [0, 0.1) is 13.8 Å². The quantitative estimate of drug-likeness (QED) is 0.205. The number of benzene rings is 2. The number of ketones is 1. The van der Waals surface area contributed by atoms with Crippen LogP contribution in [-0.4, -0.2) is 42.0 Å². The fourth-order valence-corrected chi connectivity index (χ4v) is 5.21. The second kappa shape index (κ2) is 9.63. The largest absolute Gasteiger partial charge is 0.507 e. The Morgan fingerprint density at radius 2 is 1.80 bits per heavy atom. The van der Waals surface area contributed by atoms with Crippen LogP contribution in [0.2, 0.25) is 0 Å². The van der Waals surface area contributed by atoms with Crippen LogP contribution in [0.4, 0.5) is 5.13 Å². The normalized spacial score (nSPS) is 17.1. The summed E-state index contributed by atoms with van der Waals surface area (Å²) in [5.74, 6) is -2.00. The zero-order chi connectivity index (χ0) is 25.4. The molecule has 0 aliphatic carbocycles. The van der Waals surface area contributed by atoms with Crippen molar-refractivity contribution in [3.8, 4) is 5.75 Å². The zero-order valence-electron chi connectivity index (χ0n) is 19.3. The van der Waals surface area contributed by atoms with E-state index in [-0.39, 0.29) is 21.3 Å². The molecule has 1 aliphatic heterocycles. The summed E-state index contributed by atoms with van der Waals surface area (Å²) >= 11 is 4.35. The third kappa shape index (κ3) is 4.35. The van der Waals surface area contributed by atoms with Crippen LogP contribution in [0.15, 0.2) is 52.5 Å². The predicted octanol–water partition coefficient (Wildman–Crippen LogP) is 4.94. The number of ether oxygens (including phenoxy) is 2. The van der Waals surface area contributed by atoms with E-state index in [1.165, 1.54) is 19.1 Å². The molecule has 35 heavy (non-hydrogen) atoms. The van der Waals surface area contributed by atoms with Crippen LogP contribution in [0.3, 0.4) is 0 Å². The summed E-state index contributed by atoms with van der Waals surface area (Å²) in [6, 6.07) is 11.1. The minimum Gasteiger partial charge on any atom is -0.507 e. The van der Waals surface area contributed by atoms with Crippen molar-refractivity contribution in [1.29, 1.82) is 0 Å². The van der Waals surface area contributed by atoms with Crippen LogP contribution in [0.25, 0.3) is 5.76 Å². The van der Waals surface area contributed by atoms with E-state index in [0.717, 1.165) is 15.8 Å². The van der Waals surface area contributed by atoms with Crippen molar-refractivity contribution in [2.75, 3.05) is 19.1 Å². The molecule has 0 bridgehead atoms. The SMILES string of the molecule is COC(=O)c1sc(N2C(=O)C(=O)/C(=C(/O)c3ccc(OC)cc3C)C2c2ccc(Br)cc2)nc1C. The number of rotatable bonds is 5. The standard InChI is InChI=1S/C25H21BrN2O6S/c1-12-11-16(33-3)9-10-17(12)20(29)18-19(14-5-7-15(26)8-6-14)28(23(31)21(18)30)25-27-13(2)22(35-25)24(32)34-4/h5-11,19,29H,1-4H3/b20-18+. The molecule has 2 aromatic carbocycles. The fraction of sp³-hybridized carbons (Fsp3) is 0.200. The Balaban J connectivity index is 1.94. The molecule has 3 aromatic rings. The molecule has 1 unspecified atom stereocenters. The van der Waals surface area contributed by atoms with E-state index in [2.05, 4.69) is 20.9 Å². The molecule has 1 saturated heterocycles. The van der Waals surface area contributed by atoms with E-state index in [1.54, 1.807) is 56.3 Å². The zero-order valence-corrected chi connectivity index (χ0v) is 21.7. The molecule has 1 atom stereocenters. The lowest BCUT2D eigenvalue weighted by Gasteiger charge is -2.23. The summed E-state index contributed by atoms with van der Waals surface area (Å²) in [5, 5.41) is 11.5. The molecule has 1 aromatic heterocycles. The van der Waals surface area contributed by atoms with Gasteiger partial charge in [0.25, 0.3) is 5.78 Å². The van der Waals surface area contributed by atoms with Gasteiger partial charge >= 0.3 is 11.9 Å². The van der Waals surface area contributed by atoms with E-state index in [4.69, 9.17) is 9.47 Å². The Labute approximate surface area is 213 Å². The Bertz CT molecular complexity index is 1380. The van der Waals surface area contributed by atoms with Crippen LogP contribution in [-0.2, 0) is 14.3 Å². The first-order chi connectivity index (χ1) is 16.7. The lowest BCUT2D eigenvalue weighted by atomic mass is 9.94. The van der Waals surface area contributed by atoms with Gasteiger partial charge in [0.1, 0.15) is 16.4 Å². The molecular formula is C25H21BrN2O6S. The minimum atomic E-state index is -0.958. The van der Waals surface area contributed by atoms with Crippen molar-refractivity contribution in [3.63, 3.8) is 0 Å². The highest BCUT2D eigenvalue weighted by Gasteiger charge is 2.48.